The molecule has 0 saturated carbocycles. The molecule has 0 fully saturated rings. The number of hydrogen-bond acceptors (Lipinski definition) is 5. The summed E-state index contributed by atoms with van der Waals surface area (Å²) in [4.78, 5) is 12.1. The smallest absolute Gasteiger partial charge is 0.271 e. The van der Waals surface area contributed by atoms with Gasteiger partial charge in [-0.2, -0.15) is 5.10 Å². The lowest BCUT2D eigenvalue weighted by Gasteiger charge is -2.11. The first-order valence-electron chi connectivity index (χ1n) is 7.85. The van der Waals surface area contributed by atoms with E-state index in [4.69, 9.17) is 14.2 Å². The number of carbonyl (C=O) groups excluding carboxylic acids is 1. The number of ether oxygens (including phenoxy) is 3. The molecule has 0 bridgehead atoms. The number of nitrogens with one attached hydrogen (secondary N) is 1. The molecule has 0 aliphatic carbocycles. The molecular formula is C19H22N2O4. The van der Waals surface area contributed by atoms with Crippen molar-refractivity contribution >= 4 is 12.1 Å². The van der Waals surface area contributed by atoms with E-state index in [0.29, 0.717) is 28.4 Å². The fourth-order valence-corrected chi connectivity index (χ4v) is 2.27. The molecule has 0 aliphatic heterocycles. The number of hydrazone groups is 1. The number of amides is 1. The van der Waals surface area contributed by atoms with Crippen LogP contribution in [0.4, 0.5) is 0 Å². The van der Waals surface area contributed by atoms with Crippen LogP contribution in [0.25, 0.3) is 0 Å². The van der Waals surface area contributed by atoms with Crippen molar-refractivity contribution in [3.05, 3.63) is 53.1 Å². The molecule has 0 saturated heterocycles. The van der Waals surface area contributed by atoms with Gasteiger partial charge in [-0.05, 0) is 30.2 Å². The van der Waals surface area contributed by atoms with Gasteiger partial charge in [0.15, 0.2) is 11.5 Å². The SMILES string of the molecule is CCc1ccc(C(=O)NN=Cc2cc(OC)c(OC)cc2OC)cc1. The molecule has 1 amide bonds. The first kappa shape index (κ1) is 18.3. The van der Waals surface area contributed by atoms with Gasteiger partial charge < -0.3 is 14.2 Å². The lowest BCUT2D eigenvalue weighted by molar-refractivity contribution is 0.0955. The Labute approximate surface area is 147 Å². The molecule has 0 aromatic heterocycles. The number of carbonyl (C=O) groups is 1. The van der Waals surface area contributed by atoms with Crippen LogP contribution in [0.15, 0.2) is 41.5 Å². The lowest BCUT2D eigenvalue weighted by atomic mass is 10.1. The van der Waals surface area contributed by atoms with Gasteiger partial charge in [-0.1, -0.05) is 19.1 Å². The van der Waals surface area contributed by atoms with Crippen LogP contribution in [0.3, 0.4) is 0 Å². The van der Waals surface area contributed by atoms with Gasteiger partial charge in [-0.3, -0.25) is 4.79 Å². The maximum atomic E-state index is 12.1. The van der Waals surface area contributed by atoms with Crippen molar-refractivity contribution < 1.29 is 19.0 Å². The van der Waals surface area contributed by atoms with Gasteiger partial charge in [0.1, 0.15) is 5.75 Å². The molecule has 2 aromatic carbocycles. The minimum atomic E-state index is -0.279. The van der Waals surface area contributed by atoms with E-state index in [-0.39, 0.29) is 5.91 Å². The number of aryl methyl sites for hydroxylation is 1. The molecular weight excluding hydrogens is 320 g/mol. The number of benzene rings is 2. The second-order valence-corrected chi connectivity index (χ2v) is 5.20. The van der Waals surface area contributed by atoms with E-state index < -0.39 is 0 Å². The summed E-state index contributed by atoms with van der Waals surface area (Å²) in [7, 11) is 4.65. The predicted molar refractivity (Wildman–Crippen MR) is 97.0 cm³/mol. The van der Waals surface area contributed by atoms with Gasteiger partial charge in [0, 0.05) is 17.2 Å². The highest BCUT2D eigenvalue weighted by Gasteiger charge is 2.10. The molecule has 2 aromatic rings. The van der Waals surface area contributed by atoms with Crippen molar-refractivity contribution in [2.24, 2.45) is 5.10 Å². The van der Waals surface area contributed by atoms with Crippen LogP contribution in [0.5, 0.6) is 17.2 Å². The van der Waals surface area contributed by atoms with Gasteiger partial charge in [0.2, 0.25) is 0 Å². The van der Waals surface area contributed by atoms with E-state index in [1.165, 1.54) is 11.8 Å². The fourth-order valence-electron chi connectivity index (χ4n) is 2.27. The number of nitrogens with zero attached hydrogens (tertiary/aromatic N) is 1. The second-order valence-electron chi connectivity index (χ2n) is 5.20. The van der Waals surface area contributed by atoms with Crippen LogP contribution in [-0.4, -0.2) is 33.5 Å². The van der Waals surface area contributed by atoms with Crippen molar-refractivity contribution in [3.8, 4) is 17.2 Å². The minimum absolute atomic E-state index is 0.279. The molecule has 132 valence electrons. The maximum Gasteiger partial charge on any atom is 0.271 e. The van der Waals surface area contributed by atoms with Gasteiger partial charge in [-0.25, -0.2) is 5.43 Å². The molecule has 0 atom stereocenters. The summed E-state index contributed by atoms with van der Waals surface area (Å²) in [6, 6.07) is 10.8. The monoisotopic (exact) mass is 342 g/mol. The third-order valence-electron chi connectivity index (χ3n) is 3.73. The Morgan fingerprint density at radius 1 is 1.00 bits per heavy atom. The van der Waals surface area contributed by atoms with Crippen molar-refractivity contribution in [2.45, 2.75) is 13.3 Å². The van der Waals surface area contributed by atoms with Crippen LogP contribution >= 0.6 is 0 Å². The zero-order chi connectivity index (χ0) is 18.2. The molecule has 0 spiro atoms. The maximum absolute atomic E-state index is 12.1. The summed E-state index contributed by atoms with van der Waals surface area (Å²) in [5.41, 5.74) is 4.89. The lowest BCUT2D eigenvalue weighted by Crippen LogP contribution is -2.17. The number of hydrogen-bond donors (Lipinski definition) is 1. The molecule has 1 N–H and O–H groups in total. The normalized spacial score (nSPS) is 10.6. The van der Waals surface area contributed by atoms with Gasteiger partial charge in [0.05, 0.1) is 27.5 Å². The zero-order valence-electron chi connectivity index (χ0n) is 14.8. The van der Waals surface area contributed by atoms with Crippen LogP contribution in [0.2, 0.25) is 0 Å². The molecule has 6 heteroatoms. The average Bonchev–Trinajstić information content (AvgIpc) is 2.67. The van der Waals surface area contributed by atoms with Crippen LogP contribution in [-0.2, 0) is 6.42 Å². The van der Waals surface area contributed by atoms with Crippen molar-refractivity contribution in [3.63, 3.8) is 0 Å². The van der Waals surface area contributed by atoms with Crippen LogP contribution < -0.4 is 19.6 Å². The largest absolute Gasteiger partial charge is 0.496 e. The van der Waals surface area contributed by atoms with Crippen molar-refractivity contribution in [1.29, 1.82) is 0 Å². The fraction of sp³-hybridized carbons (Fsp3) is 0.263. The molecule has 0 aliphatic rings. The summed E-state index contributed by atoms with van der Waals surface area (Å²) in [5, 5.41) is 4.00. The molecule has 0 unspecified atom stereocenters. The van der Waals surface area contributed by atoms with E-state index >= 15 is 0 Å². The highest BCUT2D eigenvalue weighted by molar-refractivity contribution is 5.95. The molecule has 6 nitrogen and oxygen atoms in total. The summed E-state index contributed by atoms with van der Waals surface area (Å²) in [6.45, 7) is 2.07. The highest BCUT2D eigenvalue weighted by Crippen LogP contribution is 2.33. The Hall–Kier alpha value is -3.02. The molecule has 2 rings (SSSR count). The number of methoxy groups -OCH3 is 3. The van der Waals surface area contributed by atoms with Gasteiger partial charge >= 0.3 is 0 Å². The second kappa shape index (κ2) is 8.73. The quantitative estimate of drug-likeness (QED) is 0.620. The first-order chi connectivity index (χ1) is 12.1. The number of rotatable bonds is 7. The Morgan fingerprint density at radius 3 is 2.16 bits per heavy atom. The highest BCUT2D eigenvalue weighted by atomic mass is 16.5. The molecule has 0 radical (unpaired) electrons. The third-order valence-corrected chi connectivity index (χ3v) is 3.73. The Bertz CT molecular complexity index is 755. The predicted octanol–water partition coefficient (Wildman–Crippen LogP) is 3.04. The third kappa shape index (κ3) is 4.50. The topological polar surface area (TPSA) is 69.2 Å². The molecule has 25 heavy (non-hydrogen) atoms. The average molecular weight is 342 g/mol. The van der Waals surface area contributed by atoms with Crippen molar-refractivity contribution in [2.75, 3.05) is 21.3 Å². The Balaban J connectivity index is 2.13. The van der Waals surface area contributed by atoms with Gasteiger partial charge in [-0.15, -0.1) is 0 Å². The Kier molecular flexibility index (Phi) is 6.39. The summed E-state index contributed by atoms with van der Waals surface area (Å²) in [5.74, 6) is 1.38. The zero-order valence-corrected chi connectivity index (χ0v) is 14.8. The minimum Gasteiger partial charge on any atom is -0.496 e. The summed E-state index contributed by atoms with van der Waals surface area (Å²) < 4.78 is 15.8. The van der Waals surface area contributed by atoms with Gasteiger partial charge in [0.25, 0.3) is 5.91 Å². The standard InChI is InChI=1S/C19H22N2O4/c1-5-13-6-8-14(9-7-13)19(22)21-20-12-15-10-17(24-3)18(25-4)11-16(15)23-2/h6-12H,5H2,1-4H3,(H,21,22). The van der Waals surface area contributed by atoms with E-state index in [1.807, 2.05) is 12.1 Å². The van der Waals surface area contributed by atoms with E-state index in [2.05, 4.69) is 17.5 Å². The summed E-state index contributed by atoms with van der Waals surface area (Å²) >= 11 is 0. The van der Waals surface area contributed by atoms with E-state index in [9.17, 15) is 4.79 Å². The van der Waals surface area contributed by atoms with E-state index in [0.717, 1.165) is 6.42 Å². The van der Waals surface area contributed by atoms with Crippen LogP contribution in [0, 0.1) is 0 Å². The first-order valence-corrected chi connectivity index (χ1v) is 7.85. The van der Waals surface area contributed by atoms with E-state index in [1.54, 1.807) is 45.6 Å². The van der Waals surface area contributed by atoms with Crippen molar-refractivity contribution in [1.82, 2.24) is 5.43 Å². The summed E-state index contributed by atoms with van der Waals surface area (Å²) in [6.07, 6.45) is 2.43. The Morgan fingerprint density at radius 2 is 1.60 bits per heavy atom. The van der Waals surface area contributed by atoms with Crippen LogP contribution in [0.1, 0.15) is 28.4 Å². The molecule has 0 heterocycles.